The topological polar surface area (TPSA) is 75.4 Å². The summed E-state index contributed by atoms with van der Waals surface area (Å²) >= 11 is 0. The molecule has 1 saturated heterocycles. The first-order chi connectivity index (χ1) is 10.5. The largest absolute Gasteiger partial charge is 0.350 e. The van der Waals surface area contributed by atoms with Crippen LogP contribution in [0.15, 0.2) is 0 Å². The third-order valence-electron chi connectivity index (χ3n) is 4.86. The van der Waals surface area contributed by atoms with E-state index in [9.17, 15) is 9.59 Å². The van der Waals surface area contributed by atoms with Crippen LogP contribution < -0.4 is 11.1 Å². The molecule has 1 aliphatic carbocycles. The molecule has 1 aliphatic heterocycles. The van der Waals surface area contributed by atoms with Gasteiger partial charge in [0, 0.05) is 25.0 Å². The van der Waals surface area contributed by atoms with Crippen molar-refractivity contribution in [3.8, 4) is 0 Å². The monoisotopic (exact) mass is 309 g/mol. The molecule has 1 heterocycles. The van der Waals surface area contributed by atoms with Crippen molar-refractivity contribution in [3.63, 3.8) is 0 Å². The lowest BCUT2D eigenvalue weighted by Gasteiger charge is -2.26. The van der Waals surface area contributed by atoms with Gasteiger partial charge < -0.3 is 16.0 Å². The zero-order chi connectivity index (χ0) is 16.1. The Morgan fingerprint density at radius 1 is 1.18 bits per heavy atom. The zero-order valence-electron chi connectivity index (χ0n) is 14.0. The van der Waals surface area contributed by atoms with Gasteiger partial charge in [-0.3, -0.25) is 9.59 Å². The van der Waals surface area contributed by atoms with Crippen molar-refractivity contribution < 1.29 is 9.59 Å². The summed E-state index contributed by atoms with van der Waals surface area (Å²) in [7, 11) is 0. The summed E-state index contributed by atoms with van der Waals surface area (Å²) in [5.74, 6) is 0.841. The molecule has 3 N–H and O–H groups in total. The van der Waals surface area contributed by atoms with Crippen molar-refractivity contribution in [2.45, 2.75) is 70.9 Å². The van der Waals surface area contributed by atoms with E-state index in [1.807, 2.05) is 4.90 Å². The maximum atomic E-state index is 12.5. The quantitative estimate of drug-likeness (QED) is 0.811. The van der Waals surface area contributed by atoms with Crippen molar-refractivity contribution in [1.29, 1.82) is 0 Å². The van der Waals surface area contributed by atoms with Gasteiger partial charge in [-0.05, 0) is 31.6 Å². The number of nitrogens with two attached hydrogens (primary N) is 1. The van der Waals surface area contributed by atoms with Gasteiger partial charge in [-0.25, -0.2) is 0 Å². The molecular weight excluding hydrogens is 278 g/mol. The fourth-order valence-corrected chi connectivity index (χ4v) is 3.61. The highest BCUT2D eigenvalue weighted by Crippen LogP contribution is 2.26. The molecule has 2 aliphatic rings. The fraction of sp³-hybridized carbons (Fsp3) is 0.882. The standard InChI is InChI=1S/C17H31N3O2/c1-12(2)10-15(18)16(21)19-14-8-9-20(11-14)17(22)13-6-4-3-5-7-13/h12-15H,3-11,18H2,1-2H3,(H,19,21)/t14?,15-/m0/s1. The zero-order valence-corrected chi connectivity index (χ0v) is 14.0. The molecule has 5 nitrogen and oxygen atoms in total. The Morgan fingerprint density at radius 3 is 2.50 bits per heavy atom. The minimum absolute atomic E-state index is 0.0678. The molecule has 0 spiro atoms. The molecule has 2 atom stereocenters. The summed E-state index contributed by atoms with van der Waals surface area (Å²) < 4.78 is 0. The van der Waals surface area contributed by atoms with Crippen molar-refractivity contribution in [2.75, 3.05) is 13.1 Å². The SMILES string of the molecule is CC(C)C[C@H](N)C(=O)NC1CCN(C(=O)C2CCCCC2)C1. The fourth-order valence-electron chi connectivity index (χ4n) is 3.61. The van der Waals surface area contributed by atoms with Crippen molar-refractivity contribution >= 4 is 11.8 Å². The molecule has 1 unspecified atom stereocenters. The van der Waals surface area contributed by atoms with Gasteiger partial charge in [0.2, 0.25) is 11.8 Å². The lowest BCUT2D eigenvalue weighted by atomic mass is 9.88. The molecular formula is C17H31N3O2. The predicted molar refractivity (Wildman–Crippen MR) is 87.1 cm³/mol. The molecule has 0 aromatic heterocycles. The van der Waals surface area contributed by atoms with Crippen LogP contribution in [0.25, 0.3) is 0 Å². The summed E-state index contributed by atoms with van der Waals surface area (Å²) in [5, 5.41) is 3.01. The van der Waals surface area contributed by atoms with Crippen molar-refractivity contribution in [2.24, 2.45) is 17.6 Å². The van der Waals surface area contributed by atoms with Gasteiger partial charge in [0.15, 0.2) is 0 Å². The van der Waals surface area contributed by atoms with Crippen LogP contribution in [0.3, 0.4) is 0 Å². The van der Waals surface area contributed by atoms with Gasteiger partial charge >= 0.3 is 0 Å². The summed E-state index contributed by atoms with van der Waals surface area (Å²) in [4.78, 5) is 26.5. The Kier molecular flexibility index (Phi) is 6.24. The third kappa shape index (κ3) is 4.70. The van der Waals surface area contributed by atoms with E-state index in [0.29, 0.717) is 24.8 Å². The van der Waals surface area contributed by atoms with Crippen LogP contribution in [0.4, 0.5) is 0 Å². The molecule has 2 fully saturated rings. The number of nitrogens with one attached hydrogen (secondary N) is 1. The first-order valence-corrected chi connectivity index (χ1v) is 8.82. The molecule has 0 aromatic carbocycles. The molecule has 2 rings (SSSR count). The van der Waals surface area contributed by atoms with E-state index < -0.39 is 6.04 Å². The Morgan fingerprint density at radius 2 is 1.86 bits per heavy atom. The highest BCUT2D eigenvalue weighted by molar-refractivity contribution is 5.82. The minimum atomic E-state index is -0.442. The van der Waals surface area contributed by atoms with E-state index in [1.54, 1.807) is 0 Å². The molecule has 0 aromatic rings. The third-order valence-corrected chi connectivity index (χ3v) is 4.86. The van der Waals surface area contributed by atoms with Gasteiger partial charge in [-0.1, -0.05) is 33.1 Å². The Bertz CT molecular complexity index is 391. The Labute approximate surface area is 134 Å². The highest BCUT2D eigenvalue weighted by Gasteiger charge is 2.32. The first kappa shape index (κ1) is 17.3. The van der Waals surface area contributed by atoms with Crippen LogP contribution in [0.2, 0.25) is 0 Å². The lowest BCUT2D eigenvalue weighted by Crippen LogP contribution is -2.47. The van der Waals surface area contributed by atoms with Crippen molar-refractivity contribution in [3.05, 3.63) is 0 Å². The van der Waals surface area contributed by atoms with E-state index >= 15 is 0 Å². The van der Waals surface area contributed by atoms with Crippen LogP contribution in [0.1, 0.15) is 58.8 Å². The number of likely N-dealkylation sites (tertiary alicyclic amines) is 1. The Hall–Kier alpha value is -1.10. The predicted octanol–water partition coefficient (Wildman–Crippen LogP) is 1.66. The van der Waals surface area contributed by atoms with E-state index in [1.165, 1.54) is 19.3 Å². The number of hydrogen-bond acceptors (Lipinski definition) is 3. The number of amides is 2. The summed E-state index contributed by atoms with van der Waals surface area (Å²) in [5.41, 5.74) is 5.92. The number of nitrogens with zero attached hydrogens (tertiary/aromatic N) is 1. The molecule has 126 valence electrons. The van der Waals surface area contributed by atoms with Gasteiger partial charge in [0.1, 0.15) is 0 Å². The second-order valence-corrected chi connectivity index (χ2v) is 7.35. The second-order valence-electron chi connectivity index (χ2n) is 7.35. The van der Waals surface area contributed by atoms with Crippen LogP contribution in [-0.4, -0.2) is 41.9 Å². The van der Waals surface area contributed by atoms with E-state index in [-0.39, 0.29) is 17.9 Å². The number of hydrogen-bond donors (Lipinski definition) is 2. The number of rotatable bonds is 5. The Balaban J connectivity index is 1.77. The van der Waals surface area contributed by atoms with Crippen LogP contribution in [0, 0.1) is 11.8 Å². The first-order valence-electron chi connectivity index (χ1n) is 8.82. The number of carbonyl (C=O) groups excluding carboxylic acids is 2. The van der Waals surface area contributed by atoms with E-state index in [0.717, 1.165) is 25.8 Å². The normalized spacial score (nSPS) is 24.5. The van der Waals surface area contributed by atoms with Crippen LogP contribution >= 0.6 is 0 Å². The molecule has 22 heavy (non-hydrogen) atoms. The van der Waals surface area contributed by atoms with Gasteiger partial charge in [0.05, 0.1) is 6.04 Å². The molecule has 0 bridgehead atoms. The average Bonchev–Trinajstić information content (AvgIpc) is 2.95. The maximum absolute atomic E-state index is 12.5. The smallest absolute Gasteiger partial charge is 0.237 e. The van der Waals surface area contributed by atoms with E-state index in [2.05, 4.69) is 19.2 Å². The van der Waals surface area contributed by atoms with Gasteiger partial charge in [-0.15, -0.1) is 0 Å². The van der Waals surface area contributed by atoms with E-state index in [4.69, 9.17) is 5.73 Å². The summed E-state index contributed by atoms with van der Waals surface area (Å²) in [6, 6.07) is -0.374. The highest BCUT2D eigenvalue weighted by atomic mass is 16.2. The van der Waals surface area contributed by atoms with Gasteiger partial charge in [-0.2, -0.15) is 0 Å². The molecule has 1 saturated carbocycles. The average molecular weight is 309 g/mol. The number of carbonyl (C=O) groups is 2. The second kappa shape index (κ2) is 7.95. The van der Waals surface area contributed by atoms with Crippen LogP contribution in [0.5, 0.6) is 0 Å². The molecule has 0 radical (unpaired) electrons. The van der Waals surface area contributed by atoms with Crippen LogP contribution in [-0.2, 0) is 9.59 Å². The maximum Gasteiger partial charge on any atom is 0.237 e. The lowest BCUT2D eigenvalue weighted by molar-refractivity contribution is -0.135. The molecule has 2 amide bonds. The minimum Gasteiger partial charge on any atom is -0.350 e. The van der Waals surface area contributed by atoms with Gasteiger partial charge in [0.25, 0.3) is 0 Å². The van der Waals surface area contributed by atoms with Crippen molar-refractivity contribution in [1.82, 2.24) is 10.2 Å². The molecule has 5 heteroatoms. The summed E-state index contributed by atoms with van der Waals surface area (Å²) in [6.07, 6.45) is 7.22. The summed E-state index contributed by atoms with van der Waals surface area (Å²) in [6.45, 7) is 5.54.